The Labute approximate surface area is 104 Å². The fourth-order valence-corrected chi connectivity index (χ4v) is 4.55. The van der Waals surface area contributed by atoms with Crippen molar-refractivity contribution in [2.75, 3.05) is 20.1 Å². The summed E-state index contributed by atoms with van der Waals surface area (Å²) in [5, 5.41) is 11.0. The van der Waals surface area contributed by atoms with E-state index in [4.69, 9.17) is 5.73 Å². The van der Waals surface area contributed by atoms with Gasteiger partial charge in [0.1, 0.15) is 0 Å². The van der Waals surface area contributed by atoms with Gasteiger partial charge in [-0.15, -0.1) is 0 Å². The van der Waals surface area contributed by atoms with Gasteiger partial charge >= 0.3 is 0 Å². The van der Waals surface area contributed by atoms with E-state index in [2.05, 4.69) is 11.9 Å². The van der Waals surface area contributed by atoms with Crippen molar-refractivity contribution in [1.82, 2.24) is 4.90 Å². The largest absolute Gasteiger partial charge is 0.388 e. The lowest BCUT2D eigenvalue weighted by Gasteiger charge is -2.58. The van der Waals surface area contributed by atoms with Crippen LogP contribution in [0.25, 0.3) is 0 Å². The van der Waals surface area contributed by atoms with Crippen LogP contribution < -0.4 is 5.73 Å². The molecule has 1 unspecified atom stereocenters. The second-order valence-electron chi connectivity index (χ2n) is 6.80. The fourth-order valence-electron chi connectivity index (χ4n) is 4.55. The van der Waals surface area contributed by atoms with E-state index in [-0.39, 0.29) is 5.54 Å². The van der Waals surface area contributed by atoms with E-state index in [1.807, 2.05) is 0 Å². The molecule has 1 aliphatic heterocycles. The van der Waals surface area contributed by atoms with E-state index >= 15 is 0 Å². The zero-order valence-corrected chi connectivity index (χ0v) is 11.0. The maximum Gasteiger partial charge on any atom is 0.0853 e. The zero-order valence-electron chi connectivity index (χ0n) is 11.0. The number of likely N-dealkylation sites (tertiary alicyclic amines) is 1. The molecule has 4 rings (SSSR count). The molecule has 3 heteroatoms. The Kier molecular flexibility index (Phi) is 2.77. The molecule has 0 radical (unpaired) electrons. The van der Waals surface area contributed by atoms with Crippen LogP contribution in [0.5, 0.6) is 0 Å². The number of piperidine rings is 1. The van der Waals surface area contributed by atoms with Crippen LogP contribution in [0.15, 0.2) is 0 Å². The van der Waals surface area contributed by atoms with E-state index in [9.17, 15) is 5.11 Å². The van der Waals surface area contributed by atoms with E-state index in [1.54, 1.807) is 0 Å². The number of nitrogens with two attached hydrogens (primary N) is 1. The molecule has 3 nitrogen and oxygen atoms in total. The van der Waals surface area contributed by atoms with Crippen LogP contribution in [0, 0.1) is 11.8 Å². The molecular weight excluding hydrogens is 212 g/mol. The number of hydrogen-bond acceptors (Lipinski definition) is 3. The lowest BCUT2D eigenvalue weighted by atomic mass is 9.53. The predicted octanol–water partition coefficient (Wildman–Crippen LogP) is 1.35. The minimum absolute atomic E-state index is 0.282. The van der Waals surface area contributed by atoms with E-state index < -0.39 is 5.60 Å². The Morgan fingerprint density at radius 2 is 1.71 bits per heavy atom. The van der Waals surface area contributed by atoms with E-state index in [0.29, 0.717) is 5.92 Å². The SMILES string of the molecule is CN1CCC(O)(C2(N)CC3CCC2CC3)CC1. The number of aliphatic hydroxyl groups is 1. The highest BCUT2D eigenvalue weighted by molar-refractivity contribution is 5.13. The van der Waals surface area contributed by atoms with Gasteiger partial charge in [0.15, 0.2) is 0 Å². The van der Waals surface area contributed by atoms with Crippen LogP contribution in [0.1, 0.15) is 44.9 Å². The second-order valence-corrected chi connectivity index (χ2v) is 6.80. The van der Waals surface area contributed by atoms with Crippen molar-refractivity contribution in [1.29, 1.82) is 0 Å². The second kappa shape index (κ2) is 3.94. The van der Waals surface area contributed by atoms with Crippen molar-refractivity contribution < 1.29 is 5.11 Å². The van der Waals surface area contributed by atoms with Crippen LogP contribution in [-0.2, 0) is 0 Å². The number of rotatable bonds is 1. The molecule has 4 aliphatic rings. The average molecular weight is 238 g/mol. The van der Waals surface area contributed by atoms with E-state index in [1.165, 1.54) is 25.7 Å². The molecular formula is C14H26N2O. The summed E-state index contributed by atoms with van der Waals surface area (Å²) < 4.78 is 0. The standard InChI is InChI=1S/C14H26N2O/c1-16-8-6-13(17,7-9-16)14(15)10-11-2-4-12(14)5-3-11/h11-12,17H,2-10,15H2,1H3. The summed E-state index contributed by atoms with van der Waals surface area (Å²) in [5.41, 5.74) is 5.85. The Bertz CT molecular complexity index is 291. The molecule has 3 saturated carbocycles. The van der Waals surface area contributed by atoms with Gasteiger partial charge in [-0.3, -0.25) is 0 Å². The quantitative estimate of drug-likeness (QED) is 0.725. The van der Waals surface area contributed by atoms with Crippen molar-refractivity contribution in [2.24, 2.45) is 17.6 Å². The van der Waals surface area contributed by atoms with Crippen LogP contribution in [-0.4, -0.2) is 41.3 Å². The van der Waals surface area contributed by atoms with Crippen LogP contribution in [0.4, 0.5) is 0 Å². The van der Waals surface area contributed by atoms with Crippen LogP contribution >= 0.6 is 0 Å². The molecule has 17 heavy (non-hydrogen) atoms. The van der Waals surface area contributed by atoms with Crippen molar-refractivity contribution in [2.45, 2.75) is 56.1 Å². The molecule has 2 bridgehead atoms. The summed E-state index contributed by atoms with van der Waals surface area (Å²) >= 11 is 0. The minimum atomic E-state index is -0.594. The topological polar surface area (TPSA) is 49.5 Å². The summed E-state index contributed by atoms with van der Waals surface area (Å²) in [4.78, 5) is 2.30. The van der Waals surface area contributed by atoms with Gasteiger partial charge in [0.05, 0.1) is 5.60 Å². The van der Waals surface area contributed by atoms with Gasteiger partial charge in [0, 0.05) is 18.6 Å². The molecule has 1 atom stereocenters. The first-order valence-electron chi connectivity index (χ1n) is 7.23. The third kappa shape index (κ3) is 1.74. The number of nitrogens with zero attached hydrogens (tertiary/aromatic N) is 1. The first kappa shape index (κ1) is 11.9. The van der Waals surface area contributed by atoms with Gasteiger partial charge in [-0.25, -0.2) is 0 Å². The molecule has 0 aromatic rings. The normalized spacial score (nSPS) is 46.1. The fraction of sp³-hybridized carbons (Fsp3) is 1.00. The molecule has 1 saturated heterocycles. The first-order valence-corrected chi connectivity index (χ1v) is 7.23. The van der Waals surface area contributed by atoms with Crippen LogP contribution in [0.3, 0.4) is 0 Å². The van der Waals surface area contributed by atoms with Gasteiger partial charge in [0.2, 0.25) is 0 Å². The van der Waals surface area contributed by atoms with Crippen molar-refractivity contribution in [3.63, 3.8) is 0 Å². The van der Waals surface area contributed by atoms with Gasteiger partial charge in [-0.05, 0) is 51.0 Å². The summed E-state index contributed by atoms with van der Waals surface area (Å²) in [6.45, 7) is 1.99. The molecule has 0 aromatic heterocycles. The molecule has 3 N–H and O–H groups in total. The smallest absolute Gasteiger partial charge is 0.0853 e. The Hall–Kier alpha value is -0.120. The van der Waals surface area contributed by atoms with Crippen molar-refractivity contribution in [3.8, 4) is 0 Å². The maximum absolute atomic E-state index is 11.0. The molecule has 0 aromatic carbocycles. The van der Waals surface area contributed by atoms with Gasteiger partial charge in [-0.1, -0.05) is 12.8 Å². The Morgan fingerprint density at radius 3 is 2.18 bits per heavy atom. The first-order chi connectivity index (χ1) is 8.03. The van der Waals surface area contributed by atoms with Gasteiger partial charge in [0.25, 0.3) is 0 Å². The third-order valence-electron chi connectivity index (χ3n) is 5.88. The molecule has 0 spiro atoms. The maximum atomic E-state index is 11.0. The highest BCUT2D eigenvalue weighted by atomic mass is 16.3. The number of fused-ring (bicyclic) bond motifs is 3. The molecule has 98 valence electrons. The minimum Gasteiger partial charge on any atom is -0.388 e. The summed E-state index contributed by atoms with van der Waals surface area (Å²) in [6.07, 6.45) is 7.99. The lowest BCUT2D eigenvalue weighted by Crippen LogP contribution is -2.70. The highest BCUT2D eigenvalue weighted by Gasteiger charge is 2.56. The van der Waals surface area contributed by atoms with E-state index in [0.717, 1.165) is 38.3 Å². The molecule has 1 heterocycles. The predicted molar refractivity (Wildman–Crippen MR) is 68.7 cm³/mol. The van der Waals surface area contributed by atoms with Crippen molar-refractivity contribution >= 4 is 0 Å². The Balaban J connectivity index is 1.82. The summed E-state index contributed by atoms with van der Waals surface area (Å²) in [5.74, 6) is 1.36. The lowest BCUT2D eigenvalue weighted by molar-refractivity contribution is -0.131. The molecule has 0 amide bonds. The highest BCUT2D eigenvalue weighted by Crippen LogP contribution is 2.52. The monoisotopic (exact) mass is 238 g/mol. The molecule has 3 aliphatic carbocycles. The summed E-state index contributed by atoms with van der Waals surface area (Å²) in [6, 6.07) is 0. The average Bonchev–Trinajstić information content (AvgIpc) is 2.34. The third-order valence-corrected chi connectivity index (χ3v) is 5.88. The van der Waals surface area contributed by atoms with Crippen LogP contribution in [0.2, 0.25) is 0 Å². The van der Waals surface area contributed by atoms with Crippen molar-refractivity contribution in [3.05, 3.63) is 0 Å². The summed E-state index contributed by atoms with van der Waals surface area (Å²) in [7, 11) is 2.13. The van der Waals surface area contributed by atoms with Gasteiger partial charge < -0.3 is 15.7 Å². The number of hydrogen-bond donors (Lipinski definition) is 2. The van der Waals surface area contributed by atoms with Gasteiger partial charge in [-0.2, -0.15) is 0 Å². The Morgan fingerprint density at radius 1 is 1.12 bits per heavy atom. The molecule has 4 fully saturated rings. The zero-order chi connectivity index (χ0) is 12.1.